The van der Waals surface area contributed by atoms with Gasteiger partial charge in [0.1, 0.15) is 0 Å². The van der Waals surface area contributed by atoms with Crippen LogP contribution in [0.3, 0.4) is 0 Å². The summed E-state index contributed by atoms with van der Waals surface area (Å²) in [6.45, 7) is 7.27. The highest BCUT2D eigenvalue weighted by molar-refractivity contribution is 5.17. The van der Waals surface area contributed by atoms with Gasteiger partial charge >= 0.3 is 0 Å². The van der Waals surface area contributed by atoms with Crippen LogP contribution in [0.5, 0.6) is 0 Å². The quantitative estimate of drug-likeness (QED) is 0.736. The molecular formula is C15H26O2. The van der Waals surface area contributed by atoms with Crippen LogP contribution < -0.4 is 0 Å². The van der Waals surface area contributed by atoms with Crippen molar-refractivity contribution in [2.24, 2.45) is 34.5 Å². The molecule has 3 aliphatic rings. The van der Waals surface area contributed by atoms with Crippen molar-refractivity contribution < 1.29 is 10.2 Å². The molecule has 2 nitrogen and oxygen atoms in total. The molecule has 0 unspecified atom stereocenters. The van der Waals surface area contributed by atoms with Crippen LogP contribution in [-0.4, -0.2) is 22.9 Å². The summed E-state index contributed by atoms with van der Waals surface area (Å²) in [7, 11) is 0. The predicted octanol–water partition coefficient (Wildman–Crippen LogP) is 2.44. The van der Waals surface area contributed by atoms with Crippen molar-refractivity contribution >= 4 is 0 Å². The third-order valence-corrected chi connectivity index (χ3v) is 6.58. The Kier molecular flexibility index (Phi) is 2.45. The molecule has 0 aromatic heterocycles. The van der Waals surface area contributed by atoms with Gasteiger partial charge in [0.25, 0.3) is 0 Å². The fraction of sp³-hybridized carbons (Fsp3) is 1.00. The molecular weight excluding hydrogens is 212 g/mol. The lowest BCUT2D eigenvalue weighted by atomic mass is 9.54. The molecule has 3 rings (SSSR count). The maximum Gasteiger partial charge on any atom is 0.0621 e. The highest BCUT2D eigenvalue weighted by Gasteiger charge is 2.69. The summed E-state index contributed by atoms with van der Waals surface area (Å²) in [5.41, 5.74) is 0.277. The minimum absolute atomic E-state index is 0.174. The molecule has 2 heteroatoms. The minimum atomic E-state index is -0.272. The molecule has 3 aliphatic carbocycles. The van der Waals surface area contributed by atoms with Crippen LogP contribution in [0.4, 0.5) is 0 Å². The average molecular weight is 238 g/mol. The molecule has 0 spiro atoms. The highest BCUT2D eigenvalue weighted by Crippen LogP contribution is 2.73. The van der Waals surface area contributed by atoms with Crippen LogP contribution in [0, 0.1) is 34.5 Å². The number of fused-ring (bicyclic) bond motifs is 3. The second kappa shape index (κ2) is 3.48. The summed E-state index contributed by atoms with van der Waals surface area (Å²) in [4.78, 5) is 0. The maximum absolute atomic E-state index is 10.4. The van der Waals surface area contributed by atoms with Crippen molar-refractivity contribution in [3.63, 3.8) is 0 Å². The second-order valence-corrected chi connectivity index (χ2v) is 7.48. The van der Waals surface area contributed by atoms with Crippen molar-refractivity contribution in [3.8, 4) is 0 Å². The van der Waals surface area contributed by atoms with E-state index in [1.165, 1.54) is 6.42 Å². The van der Waals surface area contributed by atoms with Gasteiger partial charge < -0.3 is 10.2 Å². The lowest BCUT2D eigenvalue weighted by Gasteiger charge is -2.52. The molecule has 17 heavy (non-hydrogen) atoms. The normalized spacial score (nSPS) is 55.9. The Morgan fingerprint density at radius 2 is 1.82 bits per heavy atom. The van der Waals surface area contributed by atoms with Crippen molar-refractivity contribution in [1.82, 2.24) is 0 Å². The van der Waals surface area contributed by atoms with Gasteiger partial charge in [-0.25, -0.2) is 0 Å². The van der Waals surface area contributed by atoms with E-state index in [9.17, 15) is 10.2 Å². The molecule has 3 saturated carbocycles. The van der Waals surface area contributed by atoms with Gasteiger partial charge in [-0.2, -0.15) is 0 Å². The van der Waals surface area contributed by atoms with E-state index in [1.54, 1.807) is 0 Å². The molecule has 0 amide bonds. The Labute approximate surface area is 104 Å². The van der Waals surface area contributed by atoms with E-state index in [0.29, 0.717) is 17.3 Å². The zero-order valence-corrected chi connectivity index (χ0v) is 11.3. The zero-order valence-electron chi connectivity index (χ0n) is 11.3. The maximum atomic E-state index is 10.4. The van der Waals surface area contributed by atoms with Gasteiger partial charge in [-0.15, -0.1) is 0 Å². The van der Waals surface area contributed by atoms with Gasteiger partial charge in [0.05, 0.1) is 12.7 Å². The average Bonchev–Trinajstić information content (AvgIpc) is 2.86. The molecule has 0 aromatic rings. The first-order valence-electron chi connectivity index (χ1n) is 7.24. The molecule has 0 saturated heterocycles. The number of aliphatic hydroxyl groups excluding tert-OH is 2. The van der Waals surface area contributed by atoms with Gasteiger partial charge in [0.2, 0.25) is 0 Å². The predicted molar refractivity (Wildman–Crippen MR) is 67.4 cm³/mol. The molecule has 98 valence electrons. The lowest BCUT2D eigenvalue weighted by molar-refractivity contribution is -0.132. The van der Waals surface area contributed by atoms with E-state index < -0.39 is 0 Å². The van der Waals surface area contributed by atoms with Crippen LogP contribution in [0.15, 0.2) is 0 Å². The number of hydrogen-bond donors (Lipinski definition) is 2. The Bertz CT molecular complexity index is 325. The topological polar surface area (TPSA) is 40.5 Å². The van der Waals surface area contributed by atoms with Crippen LogP contribution in [0.2, 0.25) is 0 Å². The van der Waals surface area contributed by atoms with E-state index in [0.717, 1.165) is 31.1 Å². The largest absolute Gasteiger partial charge is 0.396 e. The monoisotopic (exact) mass is 238 g/mol. The Balaban J connectivity index is 1.97. The van der Waals surface area contributed by atoms with E-state index in [4.69, 9.17) is 0 Å². The SMILES string of the molecule is C[C@@H]1CC[C@H](O)[C@]2(CO)CC[C@H]3[C@@H]([C@H]12)C3(C)C. The number of aliphatic hydroxyl groups is 2. The molecule has 0 aliphatic heterocycles. The summed E-state index contributed by atoms with van der Waals surface area (Å²) in [6, 6.07) is 0. The van der Waals surface area contributed by atoms with Crippen molar-refractivity contribution in [2.75, 3.05) is 6.61 Å². The van der Waals surface area contributed by atoms with Crippen LogP contribution in [0.1, 0.15) is 46.5 Å². The first kappa shape index (κ1) is 12.0. The lowest BCUT2D eigenvalue weighted by Crippen LogP contribution is -2.53. The fourth-order valence-corrected chi connectivity index (χ4v) is 5.49. The third kappa shape index (κ3) is 1.34. The summed E-state index contributed by atoms with van der Waals surface area (Å²) in [6.07, 6.45) is 3.98. The molecule has 0 heterocycles. The smallest absolute Gasteiger partial charge is 0.0621 e. The van der Waals surface area contributed by atoms with E-state index >= 15 is 0 Å². The first-order chi connectivity index (χ1) is 7.95. The third-order valence-electron chi connectivity index (χ3n) is 6.58. The van der Waals surface area contributed by atoms with Gasteiger partial charge in [0, 0.05) is 5.41 Å². The van der Waals surface area contributed by atoms with Gasteiger partial charge in [-0.3, -0.25) is 0 Å². The highest BCUT2D eigenvalue weighted by atomic mass is 16.3. The fourth-order valence-electron chi connectivity index (χ4n) is 5.49. The van der Waals surface area contributed by atoms with Crippen LogP contribution >= 0.6 is 0 Å². The minimum Gasteiger partial charge on any atom is -0.396 e. The molecule has 2 N–H and O–H groups in total. The van der Waals surface area contributed by atoms with E-state index in [1.807, 2.05) is 0 Å². The van der Waals surface area contributed by atoms with Crippen molar-refractivity contribution in [2.45, 2.75) is 52.6 Å². The van der Waals surface area contributed by atoms with Crippen LogP contribution in [0.25, 0.3) is 0 Å². The van der Waals surface area contributed by atoms with E-state index in [2.05, 4.69) is 20.8 Å². The van der Waals surface area contributed by atoms with Crippen molar-refractivity contribution in [1.29, 1.82) is 0 Å². The summed E-state index contributed by atoms with van der Waals surface area (Å²) < 4.78 is 0. The van der Waals surface area contributed by atoms with Crippen LogP contribution in [-0.2, 0) is 0 Å². The number of hydrogen-bond acceptors (Lipinski definition) is 2. The second-order valence-electron chi connectivity index (χ2n) is 7.48. The Morgan fingerprint density at radius 3 is 2.47 bits per heavy atom. The number of rotatable bonds is 1. The van der Waals surface area contributed by atoms with Gasteiger partial charge in [-0.05, 0) is 54.8 Å². The standard InChI is InChI=1S/C15H26O2/c1-9-4-5-11(17)15(8-16)7-6-10-13(12(9)15)14(10,2)3/h9-13,16-17H,4-8H2,1-3H3/t9-,10+,11+,12+,13+,15-/m1/s1. The molecule has 0 aromatic carbocycles. The zero-order chi connectivity index (χ0) is 12.4. The Morgan fingerprint density at radius 1 is 1.12 bits per heavy atom. The van der Waals surface area contributed by atoms with Crippen molar-refractivity contribution in [3.05, 3.63) is 0 Å². The Hall–Kier alpha value is -0.0800. The summed E-state index contributed by atoms with van der Waals surface area (Å²) >= 11 is 0. The molecule has 3 fully saturated rings. The summed E-state index contributed by atoms with van der Waals surface area (Å²) in [5, 5.41) is 20.3. The van der Waals surface area contributed by atoms with E-state index in [-0.39, 0.29) is 18.1 Å². The molecule has 0 radical (unpaired) electrons. The molecule has 0 bridgehead atoms. The first-order valence-corrected chi connectivity index (χ1v) is 7.24. The molecule has 6 atom stereocenters. The van der Waals surface area contributed by atoms with Gasteiger partial charge in [0.15, 0.2) is 0 Å². The van der Waals surface area contributed by atoms with Gasteiger partial charge in [-0.1, -0.05) is 20.8 Å². The summed E-state index contributed by atoms with van der Waals surface area (Å²) in [5.74, 6) is 2.80.